The highest BCUT2D eigenvalue weighted by Crippen LogP contribution is 2.40. The van der Waals surface area contributed by atoms with Crippen molar-refractivity contribution >= 4 is 32.4 Å². The highest BCUT2D eigenvalue weighted by molar-refractivity contribution is 7.89. The average Bonchev–Trinajstić information content (AvgIpc) is 3.18. The van der Waals surface area contributed by atoms with Crippen LogP contribution in [-0.4, -0.2) is 44.5 Å². The van der Waals surface area contributed by atoms with Crippen LogP contribution in [0, 0.1) is 12.8 Å². The Labute approximate surface area is 212 Å². The van der Waals surface area contributed by atoms with Gasteiger partial charge in [-0.25, -0.2) is 18.1 Å². The van der Waals surface area contributed by atoms with Gasteiger partial charge >= 0.3 is 0 Å². The van der Waals surface area contributed by atoms with Crippen LogP contribution < -0.4 is 20.1 Å². The van der Waals surface area contributed by atoms with Crippen LogP contribution >= 0.6 is 11.3 Å². The maximum Gasteiger partial charge on any atom is 0.244 e. The van der Waals surface area contributed by atoms with E-state index in [-0.39, 0.29) is 28.5 Å². The van der Waals surface area contributed by atoms with Crippen molar-refractivity contribution in [2.24, 2.45) is 5.92 Å². The summed E-state index contributed by atoms with van der Waals surface area (Å²) in [6.07, 6.45) is 7.01. The lowest BCUT2D eigenvalue weighted by Crippen LogP contribution is -2.45. The number of carbonyl (C=O) groups is 1. The second-order valence-corrected chi connectivity index (χ2v) is 12.8. The van der Waals surface area contributed by atoms with E-state index >= 15 is 0 Å². The Morgan fingerprint density at radius 2 is 1.91 bits per heavy atom. The van der Waals surface area contributed by atoms with Crippen molar-refractivity contribution < 1.29 is 17.9 Å². The number of thiazole rings is 1. The van der Waals surface area contributed by atoms with Crippen molar-refractivity contribution in [3.05, 3.63) is 23.9 Å². The lowest BCUT2D eigenvalue weighted by molar-refractivity contribution is -0.122. The molecule has 1 aliphatic carbocycles. The third-order valence-electron chi connectivity index (χ3n) is 7.14. The van der Waals surface area contributed by atoms with E-state index in [0.29, 0.717) is 18.9 Å². The van der Waals surface area contributed by atoms with E-state index in [9.17, 15) is 13.2 Å². The zero-order chi connectivity index (χ0) is 25.2. The minimum atomic E-state index is -3.89. The first kappa shape index (κ1) is 25.9. The Morgan fingerprint density at radius 1 is 1.17 bits per heavy atom. The number of benzene rings is 1. The van der Waals surface area contributed by atoms with Gasteiger partial charge in [-0.05, 0) is 69.7 Å². The number of hydrogen-bond acceptors (Lipinski definition) is 7. The van der Waals surface area contributed by atoms with E-state index in [2.05, 4.69) is 29.2 Å². The second-order valence-electron chi connectivity index (χ2n) is 10.1. The van der Waals surface area contributed by atoms with Crippen molar-refractivity contribution in [3.63, 3.8) is 0 Å². The zero-order valence-corrected chi connectivity index (χ0v) is 22.6. The third-order valence-corrected chi connectivity index (χ3v) is 9.80. The maximum atomic E-state index is 13.3. The molecule has 1 atom stereocenters. The Bertz CT molecular complexity index is 1170. The Kier molecular flexibility index (Phi) is 7.73. The number of rotatable bonds is 8. The summed E-state index contributed by atoms with van der Waals surface area (Å²) in [4.78, 5) is 17.5. The van der Waals surface area contributed by atoms with Crippen molar-refractivity contribution in [1.29, 1.82) is 0 Å². The number of anilines is 1. The number of piperidine rings is 1. The minimum Gasteiger partial charge on any atom is -0.495 e. The van der Waals surface area contributed by atoms with Crippen LogP contribution in [0.25, 0.3) is 10.4 Å². The molecule has 0 radical (unpaired) electrons. The van der Waals surface area contributed by atoms with E-state index in [4.69, 9.17) is 9.72 Å². The van der Waals surface area contributed by atoms with Gasteiger partial charge in [-0.1, -0.05) is 30.6 Å². The van der Waals surface area contributed by atoms with Gasteiger partial charge in [0.15, 0.2) is 5.13 Å². The molecular formula is C25H36N4O4S2. The molecule has 1 aromatic carbocycles. The number of aromatic nitrogens is 1. The van der Waals surface area contributed by atoms with Crippen LogP contribution in [0.15, 0.2) is 23.1 Å². The number of carbonyl (C=O) groups excluding carboxylic acids is 1. The molecule has 2 aromatic rings. The molecule has 1 unspecified atom stereocenters. The lowest BCUT2D eigenvalue weighted by Gasteiger charge is -2.37. The number of amides is 1. The molecule has 1 amide bonds. The molecule has 1 saturated heterocycles. The predicted molar refractivity (Wildman–Crippen MR) is 139 cm³/mol. The average molecular weight is 521 g/mol. The standard InChI is InChI=1S/C25H36N4O4S2/c1-16-23(34-24(27-16)28-25(2,3)18-8-6-5-7-9-18)17-10-11-20(33-4)21(14-17)35(31,32)29-19-12-13-26-22(30)15-19/h10-11,14,18-19,29H,5-9,12-13,15H2,1-4H3,(H,26,30)(H,27,28). The Hall–Kier alpha value is -2.17. The molecule has 0 bridgehead atoms. The molecule has 10 heteroatoms. The van der Waals surface area contributed by atoms with Crippen LogP contribution in [0.4, 0.5) is 5.13 Å². The summed E-state index contributed by atoms with van der Waals surface area (Å²) in [6, 6.07) is 4.74. The third kappa shape index (κ3) is 5.98. The summed E-state index contributed by atoms with van der Waals surface area (Å²) in [7, 11) is -2.44. The van der Waals surface area contributed by atoms with Crippen molar-refractivity contribution in [1.82, 2.24) is 15.0 Å². The Balaban J connectivity index is 1.59. The van der Waals surface area contributed by atoms with Gasteiger partial charge in [-0.15, -0.1) is 0 Å². The van der Waals surface area contributed by atoms with Gasteiger partial charge in [-0.3, -0.25) is 4.79 Å². The van der Waals surface area contributed by atoms with Crippen molar-refractivity contribution in [3.8, 4) is 16.2 Å². The molecule has 1 aromatic heterocycles. The first-order valence-electron chi connectivity index (χ1n) is 12.3. The lowest BCUT2D eigenvalue weighted by atomic mass is 9.77. The number of methoxy groups -OCH3 is 1. The van der Waals surface area contributed by atoms with Gasteiger partial charge in [0.05, 0.1) is 17.7 Å². The van der Waals surface area contributed by atoms with E-state index in [1.54, 1.807) is 23.5 Å². The molecule has 2 fully saturated rings. The number of ether oxygens (including phenoxy) is 1. The predicted octanol–water partition coefficient (Wildman–Crippen LogP) is 4.45. The van der Waals surface area contributed by atoms with Gasteiger partial charge in [-0.2, -0.15) is 0 Å². The normalized spacial score (nSPS) is 19.9. The number of aryl methyl sites for hydroxylation is 1. The smallest absolute Gasteiger partial charge is 0.244 e. The van der Waals surface area contributed by atoms with Crippen molar-refractivity contribution in [2.75, 3.05) is 19.0 Å². The molecule has 2 heterocycles. The molecule has 8 nitrogen and oxygen atoms in total. The maximum absolute atomic E-state index is 13.3. The van der Waals surface area contributed by atoms with Crippen LogP contribution in [0.2, 0.25) is 0 Å². The molecule has 3 N–H and O–H groups in total. The second kappa shape index (κ2) is 10.4. The fourth-order valence-corrected chi connectivity index (χ4v) is 7.71. The summed E-state index contributed by atoms with van der Waals surface area (Å²) in [5, 5.41) is 7.23. The molecule has 1 aliphatic heterocycles. The van der Waals surface area contributed by atoms with Gasteiger partial charge in [0.2, 0.25) is 15.9 Å². The summed E-state index contributed by atoms with van der Waals surface area (Å²) in [5.41, 5.74) is 1.56. The summed E-state index contributed by atoms with van der Waals surface area (Å²) < 4.78 is 34.6. The molecule has 192 valence electrons. The van der Waals surface area contributed by atoms with E-state index in [1.165, 1.54) is 39.2 Å². The van der Waals surface area contributed by atoms with E-state index in [1.807, 2.05) is 13.0 Å². The minimum absolute atomic E-state index is 0.0629. The molecule has 1 saturated carbocycles. The highest BCUT2D eigenvalue weighted by Gasteiger charge is 2.32. The largest absolute Gasteiger partial charge is 0.495 e. The zero-order valence-electron chi connectivity index (χ0n) is 20.9. The van der Waals surface area contributed by atoms with Crippen LogP contribution in [0.5, 0.6) is 5.75 Å². The monoisotopic (exact) mass is 520 g/mol. The van der Waals surface area contributed by atoms with E-state index < -0.39 is 16.1 Å². The number of nitrogens with zero attached hydrogens (tertiary/aromatic N) is 1. The van der Waals surface area contributed by atoms with Gasteiger partial charge in [0.25, 0.3) is 0 Å². The van der Waals surface area contributed by atoms with Crippen LogP contribution in [0.3, 0.4) is 0 Å². The SMILES string of the molecule is COc1ccc(-c2sc(NC(C)(C)C3CCCCC3)nc2C)cc1S(=O)(=O)NC1CCNC(=O)C1. The molecule has 0 spiro atoms. The number of sulfonamides is 1. The molecule has 2 aliphatic rings. The fourth-order valence-electron chi connectivity index (χ4n) is 5.11. The summed E-state index contributed by atoms with van der Waals surface area (Å²) in [6.45, 7) is 6.89. The first-order valence-corrected chi connectivity index (χ1v) is 14.6. The number of nitrogens with one attached hydrogen (secondary N) is 3. The molecular weight excluding hydrogens is 484 g/mol. The topological polar surface area (TPSA) is 109 Å². The summed E-state index contributed by atoms with van der Waals surface area (Å²) in [5.74, 6) is 0.719. The van der Waals surface area contributed by atoms with Crippen LogP contribution in [0.1, 0.15) is 64.5 Å². The molecule has 35 heavy (non-hydrogen) atoms. The first-order chi connectivity index (χ1) is 16.6. The summed E-state index contributed by atoms with van der Waals surface area (Å²) >= 11 is 1.54. The fraction of sp³-hybridized carbons (Fsp3) is 0.600. The molecule has 4 rings (SSSR count). The van der Waals surface area contributed by atoms with Crippen LogP contribution in [-0.2, 0) is 14.8 Å². The number of hydrogen-bond donors (Lipinski definition) is 3. The Morgan fingerprint density at radius 3 is 2.60 bits per heavy atom. The highest BCUT2D eigenvalue weighted by atomic mass is 32.2. The van der Waals surface area contributed by atoms with E-state index in [0.717, 1.165) is 21.3 Å². The van der Waals surface area contributed by atoms with Crippen molar-refractivity contribution in [2.45, 2.75) is 82.2 Å². The van der Waals surface area contributed by atoms with Gasteiger partial charge < -0.3 is 15.4 Å². The van der Waals surface area contributed by atoms with Gasteiger partial charge in [0, 0.05) is 24.5 Å². The quantitative estimate of drug-likeness (QED) is 0.474. The van der Waals surface area contributed by atoms with Gasteiger partial charge in [0.1, 0.15) is 10.6 Å².